The quantitative estimate of drug-likeness (QED) is 0.397. The highest BCUT2D eigenvalue weighted by atomic mass is 16.5. The Morgan fingerprint density at radius 2 is 1.90 bits per heavy atom. The molecule has 6 nitrogen and oxygen atoms in total. The SMILES string of the molecule is COC(=O)Cn1c(C)c(/C=N\NC(=O)Cc2ccc(C)cc2C)c2ccccc21. The first-order valence-corrected chi connectivity index (χ1v) is 9.43. The van der Waals surface area contributed by atoms with Crippen LogP contribution >= 0.6 is 0 Å². The van der Waals surface area contributed by atoms with Gasteiger partial charge in [-0.25, -0.2) is 5.43 Å². The number of aryl methyl sites for hydroxylation is 2. The normalized spacial score (nSPS) is 11.2. The van der Waals surface area contributed by atoms with Gasteiger partial charge >= 0.3 is 5.97 Å². The van der Waals surface area contributed by atoms with E-state index >= 15 is 0 Å². The second-order valence-corrected chi connectivity index (χ2v) is 7.08. The Balaban J connectivity index is 1.79. The predicted molar refractivity (Wildman–Crippen MR) is 114 cm³/mol. The van der Waals surface area contributed by atoms with Crippen LogP contribution in [0.1, 0.15) is 27.9 Å². The molecule has 1 heterocycles. The minimum Gasteiger partial charge on any atom is -0.468 e. The van der Waals surface area contributed by atoms with Gasteiger partial charge in [0.1, 0.15) is 6.54 Å². The van der Waals surface area contributed by atoms with Crippen LogP contribution in [0.4, 0.5) is 0 Å². The molecule has 0 fully saturated rings. The molecule has 1 N–H and O–H groups in total. The average Bonchev–Trinajstić information content (AvgIpc) is 2.96. The molecule has 3 aromatic rings. The zero-order valence-electron chi connectivity index (χ0n) is 17.2. The first-order valence-electron chi connectivity index (χ1n) is 9.43. The maximum Gasteiger partial charge on any atom is 0.325 e. The Morgan fingerprint density at radius 3 is 2.62 bits per heavy atom. The van der Waals surface area contributed by atoms with Gasteiger partial charge < -0.3 is 9.30 Å². The molecule has 29 heavy (non-hydrogen) atoms. The number of esters is 1. The predicted octanol–water partition coefficient (Wildman–Crippen LogP) is 3.43. The van der Waals surface area contributed by atoms with Crippen molar-refractivity contribution in [3.8, 4) is 0 Å². The van der Waals surface area contributed by atoms with Crippen molar-refractivity contribution < 1.29 is 14.3 Å². The van der Waals surface area contributed by atoms with Gasteiger partial charge in [0.05, 0.1) is 19.7 Å². The highest BCUT2D eigenvalue weighted by Gasteiger charge is 2.15. The number of hydrogen-bond acceptors (Lipinski definition) is 4. The van der Waals surface area contributed by atoms with Crippen LogP contribution in [0.3, 0.4) is 0 Å². The third kappa shape index (κ3) is 4.54. The number of hydrogen-bond donors (Lipinski definition) is 1. The summed E-state index contributed by atoms with van der Waals surface area (Å²) in [7, 11) is 1.37. The van der Waals surface area contributed by atoms with Gasteiger partial charge in [0, 0.05) is 22.2 Å². The number of rotatable bonds is 6. The van der Waals surface area contributed by atoms with Gasteiger partial charge in [0.2, 0.25) is 5.91 Å². The van der Waals surface area contributed by atoms with Crippen molar-refractivity contribution in [2.45, 2.75) is 33.7 Å². The van der Waals surface area contributed by atoms with Crippen molar-refractivity contribution >= 4 is 29.0 Å². The van der Waals surface area contributed by atoms with Crippen LogP contribution in [0.25, 0.3) is 10.9 Å². The lowest BCUT2D eigenvalue weighted by atomic mass is 10.0. The smallest absolute Gasteiger partial charge is 0.325 e. The first kappa shape index (κ1) is 20.3. The number of fused-ring (bicyclic) bond motifs is 1. The number of aromatic nitrogens is 1. The Kier molecular flexibility index (Phi) is 6.12. The Hall–Kier alpha value is -3.41. The van der Waals surface area contributed by atoms with E-state index in [2.05, 4.69) is 16.6 Å². The van der Waals surface area contributed by atoms with Gasteiger partial charge in [-0.15, -0.1) is 0 Å². The highest BCUT2D eigenvalue weighted by molar-refractivity contribution is 6.01. The summed E-state index contributed by atoms with van der Waals surface area (Å²) in [4.78, 5) is 24.1. The molecule has 0 spiro atoms. The topological polar surface area (TPSA) is 72.7 Å². The molecule has 2 aromatic carbocycles. The average molecular weight is 391 g/mol. The second kappa shape index (κ2) is 8.73. The van der Waals surface area contributed by atoms with E-state index in [9.17, 15) is 9.59 Å². The lowest BCUT2D eigenvalue weighted by molar-refractivity contribution is -0.141. The van der Waals surface area contributed by atoms with Gasteiger partial charge in [0.25, 0.3) is 0 Å². The van der Waals surface area contributed by atoms with Crippen LogP contribution < -0.4 is 5.43 Å². The summed E-state index contributed by atoms with van der Waals surface area (Å²) in [6.07, 6.45) is 1.90. The number of carbonyl (C=O) groups is 2. The van der Waals surface area contributed by atoms with Gasteiger partial charge in [0.15, 0.2) is 0 Å². The lowest BCUT2D eigenvalue weighted by Crippen LogP contribution is -2.20. The number of ether oxygens (including phenoxy) is 1. The first-order chi connectivity index (χ1) is 13.9. The molecule has 3 rings (SSSR count). The van der Waals surface area contributed by atoms with Crippen molar-refractivity contribution in [1.82, 2.24) is 9.99 Å². The number of methoxy groups -OCH3 is 1. The number of amides is 1. The summed E-state index contributed by atoms with van der Waals surface area (Å²) in [5, 5.41) is 5.11. The molecule has 0 aliphatic carbocycles. The number of benzene rings is 2. The number of nitrogens with zero attached hydrogens (tertiary/aromatic N) is 2. The fourth-order valence-corrected chi connectivity index (χ4v) is 3.44. The van der Waals surface area contributed by atoms with Crippen LogP contribution in [0, 0.1) is 20.8 Å². The van der Waals surface area contributed by atoms with E-state index in [0.29, 0.717) is 0 Å². The minimum atomic E-state index is -0.320. The molecule has 0 unspecified atom stereocenters. The second-order valence-electron chi connectivity index (χ2n) is 7.08. The zero-order valence-corrected chi connectivity index (χ0v) is 17.2. The molecule has 0 saturated heterocycles. The Bertz CT molecular complexity index is 1100. The van der Waals surface area contributed by atoms with Gasteiger partial charge in [-0.1, -0.05) is 42.0 Å². The number of para-hydroxylation sites is 1. The molecule has 1 aromatic heterocycles. The van der Waals surface area contributed by atoms with Crippen molar-refractivity contribution in [1.29, 1.82) is 0 Å². The maximum atomic E-state index is 12.3. The molecule has 6 heteroatoms. The van der Waals surface area contributed by atoms with Crippen LogP contribution in [0.5, 0.6) is 0 Å². The molecule has 0 saturated carbocycles. The van der Waals surface area contributed by atoms with E-state index < -0.39 is 0 Å². The minimum absolute atomic E-state index is 0.121. The van der Waals surface area contributed by atoms with E-state index in [4.69, 9.17) is 4.74 Å². The maximum absolute atomic E-state index is 12.3. The molecular formula is C23H25N3O3. The molecule has 0 atom stereocenters. The van der Waals surface area contributed by atoms with E-state index in [0.717, 1.165) is 33.3 Å². The standard InChI is InChI=1S/C23H25N3O3/c1-15-9-10-18(16(2)11-15)12-22(27)25-24-13-20-17(3)26(14-23(28)29-4)21-8-6-5-7-19(20)21/h5-11,13H,12,14H2,1-4H3,(H,25,27)/b24-13-. The third-order valence-corrected chi connectivity index (χ3v) is 5.03. The van der Waals surface area contributed by atoms with Crippen molar-refractivity contribution in [3.63, 3.8) is 0 Å². The van der Waals surface area contributed by atoms with Crippen LogP contribution in [0.15, 0.2) is 47.6 Å². The van der Waals surface area contributed by atoms with E-state index in [-0.39, 0.29) is 24.8 Å². The van der Waals surface area contributed by atoms with Crippen LogP contribution in [-0.4, -0.2) is 29.8 Å². The molecule has 0 radical (unpaired) electrons. The molecule has 0 bridgehead atoms. The van der Waals surface area contributed by atoms with E-state index in [1.807, 2.05) is 61.7 Å². The summed E-state index contributed by atoms with van der Waals surface area (Å²) in [6.45, 7) is 6.07. The molecule has 150 valence electrons. The zero-order chi connectivity index (χ0) is 21.0. The molecule has 0 aliphatic rings. The Labute approximate surface area is 170 Å². The lowest BCUT2D eigenvalue weighted by Gasteiger charge is -2.06. The molecule has 0 aliphatic heterocycles. The number of hydrazone groups is 1. The van der Waals surface area contributed by atoms with Gasteiger partial charge in [-0.3, -0.25) is 9.59 Å². The summed E-state index contributed by atoms with van der Waals surface area (Å²) >= 11 is 0. The highest BCUT2D eigenvalue weighted by Crippen LogP contribution is 2.24. The van der Waals surface area contributed by atoms with Gasteiger partial charge in [-0.2, -0.15) is 5.10 Å². The van der Waals surface area contributed by atoms with E-state index in [1.54, 1.807) is 6.21 Å². The fourth-order valence-electron chi connectivity index (χ4n) is 3.44. The van der Waals surface area contributed by atoms with Crippen molar-refractivity contribution in [3.05, 3.63) is 70.4 Å². The molecular weight excluding hydrogens is 366 g/mol. The largest absolute Gasteiger partial charge is 0.468 e. The van der Waals surface area contributed by atoms with Crippen LogP contribution in [-0.2, 0) is 27.3 Å². The summed E-state index contributed by atoms with van der Waals surface area (Å²) in [5.41, 5.74) is 8.50. The summed E-state index contributed by atoms with van der Waals surface area (Å²) in [5.74, 6) is -0.497. The number of nitrogens with one attached hydrogen (secondary N) is 1. The van der Waals surface area contributed by atoms with Crippen molar-refractivity contribution in [2.24, 2.45) is 5.10 Å². The van der Waals surface area contributed by atoms with Gasteiger partial charge in [-0.05, 0) is 38.0 Å². The van der Waals surface area contributed by atoms with Crippen LogP contribution in [0.2, 0.25) is 0 Å². The monoisotopic (exact) mass is 391 g/mol. The molecule has 1 amide bonds. The third-order valence-electron chi connectivity index (χ3n) is 5.03. The Morgan fingerprint density at radius 1 is 1.14 bits per heavy atom. The number of carbonyl (C=O) groups excluding carboxylic acids is 2. The summed E-state index contributed by atoms with van der Waals surface area (Å²) < 4.78 is 6.69. The summed E-state index contributed by atoms with van der Waals surface area (Å²) in [6, 6.07) is 13.8. The van der Waals surface area contributed by atoms with Crippen molar-refractivity contribution in [2.75, 3.05) is 7.11 Å². The van der Waals surface area contributed by atoms with E-state index in [1.165, 1.54) is 12.7 Å². The fraction of sp³-hybridized carbons (Fsp3) is 0.261.